The maximum Gasteiger partial charge on any atom is 0.240 e. The Morgan fingerprint density at radius 2 is 1.84 bits per heavy atom. The maximum absolute atomic E-state index is 12.1. The minimum atomic E-state index is -0.250. The summed E-state index contributed by atoms with van der Waals surface area (Å²) in [5, 5.41) is 6.67. The second kappa shape index (κ2) is 6.26. The van der Waals surface area contributed by atoms with Gasteiger partial charge in [-0.05, 0) is 29.8 Å². The smallest absolute Gasteiger partial charge is 0.240 e. The fraction of sp³-hybridized carbons (Fsp3) is 0.158. The molecule has 0 spiro atoms. The standard InChI is InChI=1S/C19H15ClN4O/c1-12(25)24-19(10-17(23-24)13-6-8-14(20)9-7-13)18-11-21-15-4-2-3-5-16(15)22-18/h2-9,11,19H,10H2,1H3/t19-/m1/s1. The summed E-state index contributed by atoms with van der Waals surface area (Å²) >= 11 is 5.95. The van der Waals surface area contributed by atoms with Crippen LogP contribution in [0.25, 0.3) is 11.0 Å². The van der Waals surface area contributed by atoms with E-state index in [1.54, 1.807) is 6.20 Å². The van der Waals surface area contributed by atoms with Gasteiger partial charge in [0, 0.05) is 18.4 Å². The summed E-state index contributed by atoms with van der Waals surface area (Å²) in [4.78, 5) is 21.2. The van der Waals surface area contributed by atoms with Crippen LogP contribution >= 0.6 is 11.6 Å². The molecule has 0 saturated carbocycles. The van der Waals surface area contributed by atoms with E-state index < -0.39 is 0 Å². The first-order valence-electron chi connectivity index (χ1n) is 7.97. The molecular weight excluding hydrogens is 336 g/mol. The summed E-state index contributed by atoms with van der Waals surface area (Å²) in [6, 6.07) is 14.9. The van der Waals surface area contributed by atoms with Gasteiger partial charge in [0.05, 0.1) is 28.6 Å². The number of halogens is 1. The Kier molecular flexibility index (Phi) is 3.93. The second-order valence-corrected chi connectivity index (χ2v) is 6.36. The van der Waals surface area contributed by atoms with E-state index in [0.717, 1.165) is 28.0 Å². The number of hydrazone groups is 1. The fourth-order valence-corrected chi connectivity index (χ4v) is 3.11. The van der Waals surface area contributed by atoms with Crippen molar-refractivity contribution in [2.75, 3.05) is 0 Å². The highest BCUT2D eigenvalue weighted by Gasteiger charge is 2.32. The number of nitrogens with zero attached hydrogens (tertiary/aromatic N) is 4. The summed E-state index contributed by atoms with van der Waals surface area (Å²) in [6.07, 6.45) is 2.32. The first-order valence-corrected chi connectivity index (χ1v) is 8.34. The average Bonchev–Trinajstić information content (AvgIpc) is 3.07. The van der Waals surface area contributed by atoms with E-state index in [0.29, 0.717) is 11.4 Å². The molecule has 1 amide bonds. The molecule has 3 aromatic rings. The van der Waals surface area contributed by atoms with Crippen LogP contribution in [0.2, 0.25) is 5.02 Å². The topological polar surface area (TPSA) is 58.5 Å². The number of fused-ring (bicyclic) bond motifs is 1. The molecule has 1 aliphatic heterocycles. The Hall–Kier alpha value is -2.79. The lowest BCUT2D eigenvalue weighted by Crippen LogP contribution is -2.25. The van der Waals surface area contributed by atoms with Gasteiger partial charge in [0.15, 0.2) is 0 Å². The van der Waals surface area contributed by atoms with Crippen molar-refractivity contribution in [1.29, 1.82) is 0 Å². The van der Waals surface area contributed by atoms with Gasteiger partial charge in [-0.1, -0.05) is 35.9 Å². The lowest BCUT2D eigenvalue weighted by Gasteiger charge is -2.19. The van der Waals surface area contributed by atoms with Crippen molar-refractivity contribution in [3.05, 3.63) is 71.0 Å². The van der Waals surface area contributed by atoms with Crippen molar-refractivity contribution < 1.29 is 4.79 Å². The highest BCUT2D eigenvalue weighted by molar-refractivity contribution is 6.30. The lowest BCUT2D eigenvalue weighted by molar-refractivity contribution is -0.130. The Morgan fingerprint density at radius 1 is 1.12 bits per heavy atom. The Bertz CT molecular complexity index is 984. The van der Waals surface area contributed by atoms with Gasteiger partial charge in [-0.15, -0.1) is 0 Å². The first-order chi connectivity index (χ1) is 12.1. The SMILES string of the molecule is CC(=O)N1N=C(c2ccc(Cl)cc2)C[C@@H]1c1cnc2ccccc2n1. The number of para-hydroxylation sites is 2. The van der Waals surface area contributed by atoms with E-state index in [2.05, 4.69) is 15.1 Å². The monoisotopic (exact) mass is 350 g/mol. The minimum absolute atomic E-state index is 0.121. The molecule has 0 aliphatic carbocycles. The molecule has 1 atom stereocenters. The molecule has 0 fully saturated rings. The number of rotatable bonds is 2. The minimum Gasteiger partial charge on any atom is -0.273 e. The molecule has 0 saturated heterocycles. The number of carbonyl (C=O) groups excluding carboxylic acids is 1. The average molecular weight is 351 g/mol. The number of amides is 1. The van der Waals surface area contributed by atoms with Gasteiger partial charge < -0.3 is 0 Å². The molecule has 0 N–H and O–H groups in total. The molecule has 0 unspecified atom stereocenters. The van der Waals surface area contributed by atoms with Crippen molar-refractivity contribution in [2.45, 2.75) is 19.4 Å². The van der Waals surface area contributed by atoms with Crippen LogP contribution in [-0.4, -0.2) is 26.6 Å². The van der Waals surface area contributed by atoms with Crippen molar-refractivity contribution in [3.8, 4) is 0 Å². The third kappa shape index (κ3) is 2.98. The number of hydrogen-bond acceptors (Lipinski definition) is 4. The first kappa shape index (κ1) is 15.7. The molecule has 0 bridgehead atoms. The Labute approximate surface area is 150 Å². The third-order valence-electron chi connectivity index (χ3n) is 4.22. The van der Waals surface area contributed by atoms with Gasteiger partial charge in [0.25, 0.3) is 0 Å². The normalized spacial score (nSPS) is 17.0. The van der Waals surface area contributed by atoms with Gasteiger partial charge in [0.2, 0.25) is 5.91 Å². The molecule has 0 radical (unpaired) electrons. The highest BCUT2D eigenvalue weighted by atomic mass is 35.5. The van der Waals surface area contributed by atoms with Gasteiger partial charge in [0.1, 0.15) is 6.04 Å². The molecule has 2 heterocycles. The van der Waals surface area contributed by atoms with E-state index in [1.807, 2.05) is 48.5 Å². The van der Waals surface area contributed by atoms with Crippen molar-refractivity contribution in [3.63, 3.8) is 0 Å². The van der Waals surface area contributed by atoms with Gasteiger partial charge in [-0.2, -0.15) is 5.10 Å². The molecule has 6 heteroatoms. The van der Waals surface area contributed by atoms with Crippen LogP contribution < -0.4 is 0 Å². The van der Waals surface area contributed by atoms with Gasteiger partial charge >= 0.3 is 0 Å². The van der Waals surface area contributed by atoms with E-state index >= 15 is 0 Å². The van der Waals surface area contributed by atoms with Crippen LogP contribution in [0.5, 0.6) is 0 Å². The van der Waals surface area contributed by atoms with Crippen molar-refractivity contribution >= 4 is 34.3 Å². The van der Waals surface area contributed by atoms with Crippen LogP contribution in [0.4, 0.5) is 0 Å². The molecule has 124 valence electrons. The molecular formula is C19H15ClN4O. The van der Waals surface area contributed by atoms with Crippen LogP contribution in [0, 0.1) is 0 Å². The summed E-state index contributed by atoms with van der Waals surface area (Å²) in [5.41, 5.74) is 4.17. The third-order valence-corrected chi connectivity index (χ3v) is 4.47. The van der Waals surface area contributed by atoms with Gasteiger partial charge in [-0.3, -0.25) is 9.78 Å². The van der Waals surface area contributed by atoms with Gasteiger partial charge in [-0.25, -0.2) is 9.99 Å². The second-order valence-electron chi connectivity index (χ2n) is 5.92. The Morgan fingerprint density at radius 3 is 2.56 bits per heavy atom. The predicted molar refractivity (Wildman–Crippen MR) is 97.4 cm³/mol. The summed E-state index contributed by atoms with van der Waals surface area (Å²) in [6.45, 7) is 1.51. The van der Waals surface area contributed by atoms with E-state index in [4.69, 9.17) is 11.6 Å². The predicted octanol–water partition coefficient (Wildman–Crippen LogP) is 3.98. The number of benzene rings is 2. The Balaban J connectivity index is 1.71. The van der Waals surface area contributed by atoms with Crippen LogP contribution in [0.15, 0.2) is 59.8 Å². The van der Waals surface area contributed by atoms with Crippen LogP contribution in [0.1, 0.15) is 30.6 Å². The summed E-state index contributed by atoms with van der Waals surface area (Å²) < 4.78 is 0. The van der Waals surface area contributed by atoms with Crippen LogP contribution in [-0.2, 0) is 4.79 Å². The molecule has 25 heavy (non-hydrogen) atoms. The molecule has 2 aromatic carbocycles. The zero-order valence-corrected chi connectivity index (χ0v) is 14.3. The lowest BCUT2D eigenvalue weighted by atomic mass is 10.0. The summed E-state index contributed by atoms with van der Waals surface area (Å²) in [7, 11) is 0. The zero-order valence-electron chi connectivity index (χ0n) is 13.6. The fourth-order valence-electron chi connectivity index (χ4n) is 2.98. The molecule has 5 nitrogen and oxygen atoms in total. The van der Waals surface area contributed by atoms with E-state index in [1.165, 1.54) is 11.9 Å². The quantitative estimate of drug-likeness (QED) is 0.702. The molecule has 4 rings (SSSR count). The van der Waals surface area contributed by atoms with Crippen molar-refractivity contribution in [1.82, 2.24) is 15.0 Å². The summed E-state index contributed by atoms with van der Waals surface area (Å²) in [5.74, 6) is -0.121. The highest BCUT2D eigenvalue weighted by Crippen LogP contribution is 2.32. The largest absolute Gasteiger partial charge is 0.273 e. The molecule has 1 aliphatic rings. The van der Waals surface area contributed by atoms with E-state index in [9.17, 15) is 4.79 Å². The number of aromatic nitrogens is 2. The molecule has 1 aromatic heterocycles. The van der Waals surface area contributed by atoms with E-state index in [-0.39, 0.29) is 11.9 Å². The van der Waals surface area contributed by atoms with Crippen LogP contribution in [0.3, 0.4) is 0 Å². The maximum atomic E-state index is 12.1. The number of carbonyl (C=O) groups is 1. The number of hydrogen-bond donors (Lipinski definition) is 0. The zero-order chi connectivity index (χ0) is 17.4. The van der Waals surface area contributed by atoms with Crippen molar-refractivity contribution in [2.24, 2.45) is 5.10 Å².